The van der Waals surface area contributed by atoms with Crippen LogP contribution >= 0.6 is 0 Å². The zero-order valence-corrected chi connectivity index (χ0v) is 22.7. The third kappa shape index (κ3) is 5.92. The van der Waals surface area contributed by atoms with Crippen LogP contribution in [0.2, 0.25) is 0 Å². The van der Waals surface area contributed by atoms with Crippen molar-refractivity contribution in [3.8, 4) is 5.75 Å². The van der Waals surface area contributed by atoms with Crippen molar-refractivity contribution >= 4 is 11.8 Å². The highest BCUT2D eigenvalue weighted by Crippen LogP contribution is 2.26. The van der Waals surface area contributed by atoms with Crippen LogP contribution in [0.1, 0.15) is 38.9 Å². The van der Waals surface area contributed by atoms with E-state index in [9.17, 15) is 31.9 Å². The molecule has 0 fully saturated rings. The zero-order valence-electron chi connectivity index (χ0n) is 22.7. The molecule has 4 rings (SSSR count). The molecule has 8 nitrogen and oxygen atoms in total. The van der Waals surface area contributed by atoms with Gasteiger partial charge in [0, 0.05) is 30.4 Å². The van der Waals surface area contributed by atoms with E-state index in [1.54, 1.807) is 48.3 Å². The molecule has 1 aliphatic rings. The van der Waals surface area contributed by atoms with E-state index >= 15 is 0 Å². The summed E-state index contributed by atoms with van der Waals surface area (Å²) in [5, 5.41) is 3.83. The van der Waals surface area contributed by atoms with Crippen LogP contribution < -0.4 is 20.5 Å². The average Bonchev–Trinajstić information content (AvgIpc) is 2.97. The quantitative estimate of drug-likeness (QED) is 0.270. The fourth-order valence-corrected chi connectivity index (χ4v) is 4.41. The van der Waals surface area contributed by atoms with E-state index in [0.717, 1.165) is 6.20 Å². The molecule has 0 spiro atoms. The van der Waals surface area contributed by atoms with E-state index < -0.39 is 76.9 Å². The van der Waals surface area contributed by atoms with Crippen LogP contribution in [0.15, 0.2) is 78.8 Å². The molecule has 2 amide bonds. The molecule has 1 N–H and O–H groups in total. The first kappa shape index (κ1) is 30.1. The summed E-state index contributed by atoms with van der Waals surface area (Å²) in [4.78, 5) is 41.8. The molecule has 12 heteroatoms. The van der Waals surface area contributed by atoms with Gasteiger partial charge < -0.3 is 15.0 Å². The highest BCUT2D eigenvalue weighted by Gasteiger charge is 2.38. The van der Waals surface area contributed by atoms with E-state index in [1.807, 2.05) is 0 Å². The fraction of sp³-hybridized carbons (Fsp3) is 0.233. The SMILES string of the molecule is C=CC(C)N1CN([C@H](C=C)CF)C(=O)c2c(OCc3ccccc3)c(=O)c(C(=O)NCc3c(F)cc(F)cc3F)cn21. The summed E-state index contributed by atoms with van der Waals surface area (Å²) in [6.45, 7) is 7.16. The summed E-state index contributed by atoms with van der Waals surface area (Å²) >= 11 is 0. The Morgan fingerprint density at radius 1 is 1.10 bits per heavy atom. The number of nitrogens with one attached hydrogen (secondary N) is 1. The van der Waals surface area contributed by atoms with Gasteiger partial charge in [-0.25, -0.2) is 17.6 Å². The number of pyridine rings is 1. The van der Waals surface area contributed by atoms with Crippen molar-refractivity contribution in [1.29, 1.82) is 0 Å². The fourth-order valence-electron chi connectivity index (χ4n) is 4.41. The van der Waals surface area contributed by atoms with Gasteiger partial charge in [-0.3, -0.25) is 24.1 Å². The lowest BCUT2D eigenvalue weighted by Gasteiger charge is -2.44. The lowest BCUT2D eigenvalue weighted by atomic mass is 10.1. The summed E-state index contributed by atoms with van der Waals surface area (Å²) in [5.41, 5.74) is -1.71. The Morgan fingerprint density at radius 3 is 2.36 bits per heavy atom. The van der Waals surface area contributed by atoms with Gasteiger partial charge in [0.05, 0.1) is 12.1 Å². The minimum absolute atomic E-state index is 0.154. The van der Waals surface area contributed by atoms with Crippen LogP contribution in [0, 0.1) is 17.5 Å². The van der Waals surface area contributed by atoms with Crippen LogP contribution in [0.25, 0.3) is 0 Å². The molecule has 0 radical (unpaired) electrons. The number of fused-ring (bicyclic) bond motifs is 1. The predicted octanol–water partition coefficient (Wildman–Crippen LogP) is 4.22. The Balaban J connectivity index is 1.83. The molecule has 2 heterocycles. The van der Waals surface area contributed by atoms with Crippen LogP contribution in [-0.2, 0) is 13.2 Å². The zero-order chi connectivity index (χ0) is 30.6. The van der Waals surface area contributed by atoms with Gasteiger partial charge in [-0.2, -0.15) is 0 Å². The standard InChI is InChI=1S/C30H28F4N4O4/c1-4-18(3)38-17-36(21(5-2)13-31)30(41)26-28(42-16-19-9-7-6-8-10-19)27(39)23(15-37(26)38)29(40)35-14-22-24(33)11-20(32)12-25(22)34/h4-12,15,18,21H,1-2,13-14,16-17H2,3H3,(H,35,40)/t18?,21-/m1/s1. The summed E-state index contributed by atoms with van der Waals surface area (Å²) in [7, 11) is 0. The predicted molar refractivity (Wildman–Crippen MR) is 148 cm³/mol. The number of alkyl halides is 1. The molecule has 0 saturated heterocycles. The summed E-state index contributed by atoms with van der Waals surface area (Å²) in [5.74, 6) is -5.83. The minimum Gasteiger partial charge on any atom is -0.482 e. The lowest BCUT2D eigenvalue weighted by molar-refractivity contribution is 0.0605. The summed E-state index contributed by atoms with van der Waals surface area (Å²) in [6.07, 6.45) is 3.91. The van der Waals surface area contributed by atoms with Crippen LogP contribution in [-0.4, -0.2) is 46.8 Å². The highest BCUT2D eigenvalue weighted by atomic mass is 19.1. The lowest BCUT2D eigenvalue weighted by Crippen LogP contribution is -2.59. The van der Waals surface area contributed by atoms with Crippen LogP contribution in [0.3, 0.4) is 0 Å². The average molecular weight is 585 g/mol. The van der Waals surface area contributed by atoms with Crippen molar-refractivity contribution in [3.63, 3.8) is 0 Å². The summed E-state index contributed by atoms with van der Waals surface area (Å²) in [6, 6.07) is 8.14. The number of ether oxygens (including phenoxy) is 1. The van der Waals surface area contributed by atoms with Crippen molar-refractivity contribution in [3.05, 3.63) is 124 Å². The van der Waals surface area contributed by atoms with E-state index in [2.05, 4.69) is 18.5 Å². The van der Waals surface area contributed by atoms with Gasteiger partial charge in [0.15, 0.2) is 11.4 Å². The highest BCUT2D eigenvalue weighted by molar-refractivity contribution is 5.99. The molecule has 220 valence electrons. The molecule has 0 bridgehead atoms. The second kappa shape index (κ2) is 12.8. The van der Waals surface area contributed by atoms with Gasteiger partial charge in [-0.15, -0.1) is 13.2 Å². The number of amides is 2. The van der Waals surface area contributed by atoms with Gasteiger partial charge in [0.1, 0.15) is 43.0 Å². The van der Waals surface area contributed by atoms with E-state index in [4.69, 9.17) is 4.74 Å². The second-order valence-electron chi connectivity index (χ2n) is 9.49. The van der Waals surface area contributed by atoms with Crippen molar-refractivity contribution in [1.82, 2.24) is 14.9 Å². The number of carbonyl (C=O) groups excluding carboxylic acids is 2. The smallest absolute Gasteiger partial charge is 0.278 e. The van der Waals surface area contributed by atoms with Crippen molar-refractivity contribution in [2.24, 2.45) is 0 Å². The largest absolute Gasteiger partial charge is 0.482 e. The molecule has 2 aromatic carbocycles. The Kier molecular flexibility index (Phi) is 9.14. The number of nitrogens with zero attached hydrogens (tertiary/aromatic N) is 3. The van der Waals surface area contributed by atoms with Gasteiger partial charge >= 0.3 is 0 Å². The monoisotopic (exact) mass is 584 g/mol. The number of hydrogen-bond donors (Lipinski definition) is 1. The van der Waals surface area contributed by atoms with Gasteiger partial charge in [0.25, 0.3) is 11.8 Å². The molecule has 3 aromatic rings. The first-order valence-corrected chi connectivity index (χ1v) is 12.9. The van der Waals surface area contributed by atoms with E-state index in [1.165, 1.54) is 15.7 Å². The Labute approximate surface area is 239 Å². The number of carbonyl (C=O) groups is 2. The van der Waals surface area contributed by atoms with Crippen molar-refractivity contribution in [2.75, 3.05) is 18.4 Å². The van der Waals surface area contributed by atoms with Crippen LogP contribution in [0.4, 0.5) is 17.6 Å². The maximum atomic E-state index is 14.2. The molecule has 1 aliphatic heterocycles. The number of halogens is 4. The second-order valence-corrected chi connectivity index (χ2v) is 9.49. The third-order valence-corrected chi connectivity index (χ3v) is 6.83. The number of hydrogen-bond acceptors (Lipinski definition) is 5. The minimum atomic E-state index is -1.22. The Morgan fingerprint density at radius 2 is 1.76 bits per heavy atom. The van der Waals surface area contributed by atoms with Crippen LogP contribution in [0.5, 0.6) is 5.75 Å². The number of benzene rings is 2. The summed E-state index contributed by atoms with van der Waals surface area (Å²) < 4.78 is 62.7. The third-order valence-electron chi connectivity index (χ3n) is 6.83. The molecular formula is C30H28F4N4O4. The van der Waals surface area contributed by atoms with Crippen molar-refractivity contribution in [2.45, 2.75) is 32.2 Å². The maximum absolute atomic E-state index is 14.2. The maximum Gasteiger partial charge on any atom is 0.278 e. The van der Waals surface area contributed by atoms with E-state index in [0.29, 0.717) is 17.7 Å². The van der Waals surface area contributed by atoms with Crippen molar-refractivity contribution < 1.29 is 31.9 Å². The molecule has 42 heavy (non-hydrogen) atoms. The van der Waals surface area contributed by atoms with Gasteiger partial charge in [0.2, 0.25) is 5.43 Å². The molecule has 2 atom stereocenters. The Bertz CT molecular complexity index is 1550. The van der Waals surface area contributed by atoms with Gasteiger partial charge in [-0.05, 0) is 12.5 Å². The molecule has 0 saturated carbocycles. The number of rotatable bonds is 11. The van der Waals surface area contributed by atoms with E-state index in [-0.39, 0.29) is 19.0 Å². The molecular weight excluding hydrogens is 556 g/mol. The Hall–Kier alpha value is -4.87. The first-order chi connectivity index (χ1) is 20.1. The molecule has 1 aromatic heterocycles. The normalized spacial score (nSPS) is 14.2. The topological polar surface area (TPSA) is 83.9 Å². The molecule has 0 aliphatic carbocycles. The molecule has 1 unspecified atom stereocenters. The van der Waals surface area contributed by atoms with Gasteiger partial charge in [-0.1, -0.05) is 42.5 Å². The number of aromatic nitrogens is 1. The first-order valence-electron chi connectivity index (χ1n) is 12.9.